The maximum Gasteiger partial charge on any atom is 0.331 e. The third kappa shape index (κ3) is 9.78. The molecule has 4 nitrogen and oxygen atoms in total. The summed E-state index contributed by atoms with van der Waals surface area (Å²) in [4.78, 5) is 0. The van der Waals surface area contributed by atoms with E-state index >= 15 is 0 Å². The molecule has 17 heavy (non-hydrogen) atoms. The van der Waals surface area contributed by atoms with Crippen molar-refractivity contribution in [2.75, 3.05) is 32.5 Å². The van der Waals surface area contributed by atoms with Gasteiger partial charge in [0.2, 0.25) is 0 Å². The lowest BCUT2D eigenvalue weighted by Crippen LogP contribution is -2.24. The molecule has 0 bridgehead atoms. The van der Waals surface area contributed by atoms with Crippen LogP contribution in [0.3, 0.4) is 0 Å². The number of rotatable bonds is 9. The Labute approximate surface area is 106 Å². The predicted octanol–water partition coefficient (Wildman–Crippen LogP) is 3.28. The van der Waals surface area contributed by atoms with E-state index < -0.39 is 7.60 Å². The molecule has 0 atom stereocenters. The van der Waals surface area contributed by atoms with Gasteiger partial charge in [0.15, 0.2) is 0 Å². The van der Waals surface area contributed by atoms with E-state index in [0.717, 1.165) is 13.0 Å². The van der Waals surface area contributed by atoms with Gasteiger partial charge in [0.25, 0.3) is 0 Å². The van der Waals surface area contributed by atoms with E-state index in [0.29, 0.717) is 31.3 Å². The van der Waals surface area contributed by atoms with E-state index in [-0.39, 0.29) is 0 Å². The molecule has 0 saturated heterocycles. The largest absolute Gasteiger partial charge is 0.331 e. The summed E-state index contributed by atoms with van der Waals surface area (Å²) in [7, 11) is -2.86. The topological polar surface area (TPSA) is 47.6 Å². The SMILES string of the molecule is CCOP(=O)(CCNCCC(C)(C)C)OCC. The smallest absolute Gasteiger partial charge is 0.316 e. The molecular formula is C12H28NO3P. The molecule has 0 heterocycles. The molecule has 5 heteroatoms. The van der Waals surface area contributed by atoms with Crippen molar-refractivity contribution >= 4 is 7.60 Å². The summed E-state index contributed by atoms with van der Waals surface area (Å²) in [6.45, 7) is 12.8. The van der Waals surface area contributed by atoms with E-state index in [1.54, 1.807) is 0 Å². The van der Waals surface area contributed by atoms with Crippen LogP contribution in [0.1, 0.15) is 41.0 Å². The first-order valence-electron chi connectivity index (χ1n) is 6.42. The van der Waals surface area contributed by atoms with Crippen molar-refractivity contribution in [3.05, 3.63) is 0 Å². The minimum atomic E-state index is -2.86. The van der Waals surface area contributed by atoms with Crippen molar-refractivity contribution < 1.29 is 13.6 Å². The maximum atomic E-state index is 12.1. The number of nitrogens with one attached hydrogen (secondary N) is 1. The van der Waals surface area contributed by atoms with Gasteiger partial charge >= 0.3 is 7.60 Å². The van der Waals surface area contributed by atoms with E-state index in [1.807, 2.05) is 13.8 Å². The zero-order valence-corrected chi connectivity index (χ0v) is 12.8. The fourth-order valence-corrected chi connectivity index (χ4v) is 2.92. The first kappa shape index (κ1) is 17.1. The average Bonchev–Trinajstić information content (AvgIpc) is 2.16. The zero-order valence-electron chi connectivity index (χ0n) is 11.9. The molecule has 0 aromatic carbocycles. The molecule has 0 aliphatic carbocycles. The normalized spacial score (nSPS) is 13.0. The molecule has 0 radical (unpaired) electrons. The van der Waals surface area contributed by atoms with Crippen LogP contribution in [0.25, 0.3) is 0 Å². The Hall–Kier alpha value is 0.110. The summed E-state index contributed by atoms with van der Waals surface area (Å²) in [6.07, 6.45) is 1.54. The van der Waals surface area contributed by atoms with Gasteiger partial charge in [-0.15, -0.1) is 0 Å². The quantitative estimate of drug-likeness (QED) is 0.513. The molecule has 0 aromatic heterocycles. The standard InChI is InChI=1S/C12H28NO3P/c1-6-15-17(14,16-7-2)11-10-13-9-8-12(3,4)5/h13H,6-11H2,1-5H3. The molecular weight excluding hydrogens is 237 g/mol. The third-order valence-electron chi connectivity index (χ3n) is 2.27. The van der Waals surface area contributed by atoms with Gasteiger partial charge in [-0.3, -0.25) is 4.57 Å². The summed E-state index contributed by atoms with van der Waals surface area (Å²) < 4.78 is 22.5. The summed E-state index contributed by atoms with van der Waals surface area (Å²) in [5.74, 6) is 0. The second-order valence-electron chi connectivity index (χ2n) is 5.23. The van der Waals surface area contributed by atoms with Crippen molar-refractivity contribution in [1.29, 1.82) is 0 Å². The highest BCUT2D eigenvalue weighted by Crippen LogP contribution is 2.47. The summed E-state index contributed by atoms with van der Waals surface area (Å²) >= 11 is 0. The van der Waals surface area contributed by atoms with E-state index in [1.165, 1.54) is 0 Å². The third-order valence-corrected chi connectivity index (χ3v) is 4.34. The van der Waals surface area contributed by atoms with E-state index in [2.05, 4.69) is 26.1 Å². The molecule has 0 unspecified atom stereocenters. The highest BCUT2D eigenvalue weighted by Gasteiger charge is 2.22. The van der Waals surface area contributed by atoms with Gasteiger partial charge in [-0.05, 0) is 32.2 Å². The maximum absolute atomic E-state index is 12.1. The molecule has 0 fully saturated rings. The molecule has 0 aromatic rings. The van der Waals surface area contributed by atoms with Gasteiger partial charge in [-0.1, -0.05) is 20.8 Å². The molecule has 0 rings (SSSR count). The number of hydrogen-bond donors (Lipinski definition) is 1. The Morgan fingerprint density at radius 2 is 1.59 bits per heavy atom. The van der Waals surface area contributed by atoms with Crippen LogP contribution < -0.4 is 5.32 Å². The molecule has 0 amide bonds. The van der Waals surface area contributed by atoms with Crippen LogP contribution in [0.15, 0.2) is 0 Å². The second-order valence-corrected chi connectivity index (χ2v) is 7.42. The Balaban J connectivity index is 3.80. The van der Waals surface area contributed by atoms with Crippen LogP contribution in [-0.2, 0) is 13.6 Å². The number of hydrogen-bond acceptors (Lipinski definition) is 4. The molecule has 0 spiro atoms. The first-order valence-corrected chi connectivity index (χ1v) is 8.14. The molecule has 0 aliphatic heterocycles. The Bertz CT molecular complexity index is 228. The predicted molar refractivity (Wildman–Crippen MR) is 72.7 cm³/mol. The molecule has 0 saturated carbocycles. The Kier molecular flexibility index (Phi) is 8.31. The van der Waals surface area contributed by atoms with Crippen LogP contribution in [0.4, 0.5) is 0 Å². The zero-order chi connectivity index (χ0) is 13.4. The van der Waals surface area contributed by atoms with Gasteiger partial charge in [0, 0.05) is 6.54 Å². The monoisotopic (exact) mass is 265 g/mol. The highest BCUT2D eigenvalue weighted by atomic mass is 31.2. The lowest BCUT2D eigenvalue weighted by Gasteiger charge is -2.19. The van der Waals surface area contributed by atoms with Crippen LogP contribution in [0.5, 0.6) is 0 Å². The molecule has 0 aliphatic rings. The van der Waals surface area contributed by atoms with Crippen molar-refractivity contribution in [3.63, 3.8) is 0 Å². The highest BCUT2D eigenvalue weighted by molar-refractivity contribution is 7.53. The van der Waals surface area contributed by atoms with Gasteiger partial charge in [0.1, 0.15) is 0 Å². The van der Waals surface area contributed by atoms with Crippen molar-refractivity contribution in [1.82, 2.24) is 5.32 Å². The Morgan fingerprint density at radius 3 is 2.00 bits per heavy atom. The lowest BCUT2D eigenvalue weighted by molar-refractivity contribution is 0.220. The minimum absolute atomic E-state index is 0.330. The van der Waals surface area contributed by atoms with Crippen LogP contribution >= 0.6 is 7.60 Å². The van der Waals surface area contributed by atoms with Crippen LogP contribution in [-0.4, -0.2) is 32.5 Å². The van der Waals surface area contributed by atoms with Gasteiger partial charge in [-0.25, -0.2) is 0 Å². The van der Waals surface area contributed by atoms with Crippen molar-refractivity contribution in [3.8, 4) is 0 Å². The van der Waals surface area contributed by atoms with Crippen LogP contribution in [0.2, 0.25) is 0 Å². The van der Waals surface area contributed by atoms with E-state index in [9.17, 15) is 4.57 Å². The summed E-state index contributed by atoms with van der Waals surface area (Å²) in [6, 6.07) is 0. The first-order chi connectivity index (χ1) is 7.83. The molecule has 104 valence electrons. The summed E-state index contributed by atoms with van der Waals surface area (Å²) in [5, 5.41) is 3.28. The minimum Gasteiger partial charge on any atom is -0.316 e. The Morgan fingerprint density at radius 1 is 1.06 bits per heavy atom. The summed E-state index contributed by atoms with van der Waals surface area (Å²) in [5.41, 5.74) is 0.330. The second kappa shape index (κ2) is 8.25. The fraction of sp³-hybridized carbons (Fsp3) is 1.00. The van der Waals surface area contributed by atoms with Gasteiger partial charge in [0.05, 0.1) is 19.4 Å². The van der Waals surface area contributed by atoms with Gasteiger partial charge < -0.3 is 14.4 Å². The van der Waals surface area contributed by atoms with Gasteiger partial charge in [-0.2, -0.15) is 0 Å². The van der Waals surface area contributed by atoms with Crippen molar-refractivity contribution in [2.24, 2.45) is 5.41 Å². The lowest BCUT2D eigenvalue weighted by atomic mass is 9.92. The fourth-order valence-electron chi connectivity index (χ4n) is 1.36. The van der Waals surface area contributed by atoms with Crippen LogP contribution in [0, 0.1) is 5.41 Å². The molecule has 1 N–H and O–H groups in total. The van der Waals surface area contributed by atoms with Crippen molar-refractivity contribution in [2.45, 2.75) is 41.0 Å². The average molecular weight is 265 g/mol. The van der Waals surface area contributed by atoms with E-state index in [4.69, 9.17) is 9.05 Å².